The number of para-hydroxylation sites is 2. The average Bonchev–Trinajstić information content (AvgIpc) is 2.49. The highest BCUT2D eigenvalue weighted by Gasteiger charge is 2.41. The normalized spacial score (nSPS) is 20.8. The van der Waals surface area contributed by atoms with Gasteiger partial charge in [0.1, 0.15) is 12.7 Å². The van der Waals surface area contributed by atoms with E-state index in [1.807, 2.05) is 24.3 Å². The Morgan fingerprint density at radius 3 is 2.17 bits per heavy atom. The van der Waals surface area contributed by atoms with Gasteiger partial charge in [0, 0.05) is 17.6 Å². The van der Waals surface area contributed by atoms with Crippen LogP contribution in [0.2, 0.25) is 0 Å². The third kappa shape index (κ3) is 5.01. The summed E-state index contributed by atoms with van der Waals surface area (Å²) < 4.78 is 11.0. The predicted molar refractivity (Wildman–Crippen MR) is 100 cm³/mol. The molecule has 5 heteroatoms. The molecule has 0 aromatic heterocycles. The van der Waals surface area contributed by atoms with Gasteiger partial charge in [0.05, 0.1) is 7.11 Å². The number of likely N-dealkylation sites (tertiary alicyclic amines) is 1. The molecular weight excluding hydrogens is 326 g/mol. The maximum absolute atomic E-state index is 10.5. The van der Waals surface area contributed by atoms with Gasteiger partial charge in [-0.1, -0.05) is 12.1 Å². The van der Waals surface area contributed by atoms with Crippen molar-refractivity contribution < 1.29 is 14.6 Å². The number of piperidine rings is 1. The smallest absolute Gasteiger partial charge is 0.161 e. The molecule has 138 valence electrons. The van der Waals surface area contributed by atoms with Crippen LogP contribution in [0.25, 0.3) is 0 Å². The van der Waals surface area contributed by atoms with Crippen molar-refractivity contribution in [3.63, 3.8) is 0 Å². The van der Waals surface area contributed by atoms with Gasteiger partial charge in [0.2, 0.25) is 0 Å². The Labute approximate surface area is 152 Å². The molecule has 0 amide bonds. The Balaban J connectivity index is 0.00000288. The lowest BCUT2D eigenvalue weighted by Crippen LogP contribution is -2.60. The molecule has 1 unspecified atom stereocenters. The topological polar surface area (TPSA) is 41.9 Å². The third-order valence-corrected chi connectivity index (χ3v) is 4.93. The molecule has 2 rings (SSSR count). The van der Waals surface area contributed by atoms with Crippen molar-refractivity contribution in [1.29, 1.82) is 0 Å². The first kappa shape index (κ1) is 21.1. The summed E-state index contributed by atoms with van der Waals surface area (Å²) in [4.78, 5) is 2.43. The zero-order chi connectivity index (χ0) is 17.1. The number of benzene rings is 1. The van der Waals surface area contributed by atoms with Crippen LogP contribution in [0.4, 0.5) is 0 Å². The number of β-amino-alcohol motifs (C(OH)–C–C–N with tert-alkyl or cyclic N) is 1. The Hall–Kier alpha value is -0.970. The molecule has 1 heterocycles. The van der Waals surface area contributed by atoms with E-state index in [2.05, 4.69) is 32.6 Å². The third-order valence-electron chi connectivity index (χ3n) is 4.93. The van der Waals surface area contributed by atoms with Crippen LogP contribution in [-0.4, -0.2) is 47.4 Å². The second-order valence-corrected chi connectivity index (χ2v) is 7.70. The minimum Gasteiger partial charge on any atom is -0.493 e. The second-order valence-electron chi connectivity index (χ2n) is 7.70. The van der Waals surface area contributed by atoms with Crippen LogP contribution < -0.4 is 9.47 Å². The lowest BCUT2D eigenvalue weighted by Gasteiger charge is -2.53. The van der Waals surface area contributed by atoms with Gasteiger partial charge in [-0.3, -0.25) is 4.90 Å². The van der Waals surface area contributed by atoms with Crippen LogP contribution in [0.5, 0.6) is 11.5 Å². The number of ether oxygens (including phenoxy) is 2. The summed E-state index contributed by atoms with van der Waals surface area (Å²) in [5, 5.41) is 10.5. The van der Waals surface area contributed by atoms with E-state index in [9.17, 15) is 5.11 Å². The van der Waals surface area contributed by atoms with Crippen molar-refractivity contribution in [2.24, 2.45) is 0 Å². The van der Waals surface area contributed by atoms with E-state index in [0.717, 1.165) is 12.8 Å². The van der Waals surface area contributed by atoms with Gasteiger partial charge in [-0.2, -0.15) is 0 Å². The summed E-state index contributed by atoms with van der Waals surface area (Å²) in [6, 6.07) is 7.53. The maximum Gasteiger partial charge on any atom is 0.161 e. The average molecular weight is 358 g/mol. The van der Waals surface area contributed by atoms with Crippen LogP contribution in [0.3, 0.4) is 0 Å². The number of hydrogen-bond acceptors (Lipinski definition) is 4. The number of halogens is 1. The minimum atomic E-state index is -0.531. The fourth-order valence-corrected chi connectivity index (χ4v) is 3.72. The van der Waals surface area contributed by atoms with Crippen molar-refractivity contribution in [1.82, 2.24) is 4.90 Å². The van der Waals surface area contributed by atoms with E-state index in [1.165, 1.54) is 6.42 Å². The van der Waals surface area contributed by atoms with Crippen LogP contribution in [0.15, 0.2) is 24.3 Å². The summed E-state index contributed by atoms with van der Waals surface area (Å²) >= 11 is 0. The molecule has 1 aliphatic heterocycles. The van der Waals surface area contributed by atoms with Gasteiger partial charge in [0.15, 0.2) is 11.5 Å². The van der Waals surface area contributed by atoms with Crippen molar-refractivity contribution in [2.75, 3.05) is 20.3 Å². The van der Waals surface area contributed by atoms with Crippen molar-refractivity contribution in [3.05, 3.63) is 24.3 Å². The lowest BCUT2D eigenvalue weighted by molar-refractivity contribution is -0.0607. The number of aliphatic hydroxyl groups excluding tert-OH is 1. The molecule has 0 bridgehead atoms. The van der Waals surface area contributed by atoms with Gasteiger partial charge in [-0.05, 0) is 59.1 Å². The van der Waals surface area contributed by atoms with Gasteiger partial charge in [0.25, 0.3) is 0 Å². The van der Waals surface area contributed by atoms with Crippen LogP contribution in [0.1, 0.15) is 47.0 Å². The fourth-order valence-electron chi connectivity index (χ4n) is 3.72. The molecule has 1 aromatic carbocycles. The summed E-state index contributed by atoms with van der Waals surface area (Å²) in [6.45, 7) is 9.95. The number of rotatable bonds is 6. The number of hydrogen-bond donors (Lipinski definition) is 1. The molecule has 0 radical (unpaired) electrons. The zero-order valence-corrected chi connectivity index (χ0v) is 16.4. The largest absolute Gasteiger partial charge is 0.493 e. The van der Waals surface area contributed by atoms with Gasteiger partial charge in [-0.15, -0.1) is 12.4 Å². The highest BCUT2D eigenvalue weighted by atomic mass is 35.5. The van der Waals surface area contributed by atoms with Crippen LogP contribution in [-0.2, 0) is 0 Å². The van der Waals surface area contributed by atoms with Crippen molar-refractivity contribution >= 4 is 12.4 Å². The summed E-state index contributed by atoms with van der Waals surface area (Å²) in [6.07, 6.45) is 3.04. The van der Waals surface area contributed by atoms with Crippen LogP contribution in [0, 0.1) is 0 Å². The SMILES string of the molecule is COc1ccccc1OCC(O)CN1C(C)(C)CCCC1(C)C.Cl. The fraction of sp³-hybridized carbons (Fsp3) is 0.684. The maximum atomic E-state index is 10.5. The first-order chi connectivity index (χ1) is 10.8. The van der Waals surface area contributed by atoms with E-state index >= 15 is 0 Å². The molecule has 1 saturated heterocycles. The Morgan fingerprint density at radius 1 is 1.08 bits per heavy atom. The van der Waals surface area contributed by atoms with E-state index < -0.39 is 6.10 Å². The predicted octanol–water partition coefficient (Wildman–Crippen LogP) is 3.90. The standard InChI is InChI=1S/C19H31NO3.ClH/c1-18(2)11-8-12-19(3,4)20(18)13-15(21)14-23-17-10-7-6-9-16(17)22-5;/h6-7,9-10,15,21H,8,11-14H2,1-5H3;1H. The molecular formula is C19H32ClNO3. The van der Waals surface area contributed by atoms with E-state index in [1.54, 1.807) is 7.11 Å². The first-order valence-electron chi connectivity index (χ1n) is 8.48. The van der Waals surface area contributed by atoms with Crippen LogP contribution >= 0.6 is 12.4 Å². The van der Waals surface area contributed by atoms with E-state index in [0.29, 0.717) is 18.0 Å². The summed E-state index contributed by atoms with van der Waals surface area (Å²) in [5.41, 5.74) is 0.209. The monoisotopic (exact) mass is 357 g/mol. The highest BCUT2D eigenvalue weighted by Crippen LogP contribution is 2.38. The molecule has 4 nitrogen and oxygen atoms in total. The van der Waals surface area contributed by atoms with E-state index in [4.69, 9.17) is 9.47 Å². The summed E-state index contributed by atoms with van der Waals surface area (Å²) in [7, 11) is 1.62. The molecule has 1 N–H and O–H groups in total. The molecule has 0 aliphatic carbocycles. The molecule has 1 aromatic rings. The zero-order valence-electron chi connectivity index (χ0n) is 15.5. The lowest BCUT2D eigenvalue weighted by atomic mass is 9.79. The number of aliphatic hydroxyl groups is 1. The minimum absolute atomic E-state index is 0. The summed E-state index contributed by atoms with van der Waals surface area (Å²) in [5.74, 6) is 1.37. The number of methoxy groups -OCH3 is 1. The highest BCUT2D eigenvalue weighted by molar-refractivity contribution is 5.85. The molecule has 0 saturated carbocycles. The van der Waals surface area contributed by atoms with E-state index in [-0.39, 0.29) is 30.1 Å². The van der Waals surface area contributed by atoms with Crippen molar-refractivity contribution in [2.45, 2.75) is 64.1 Å². The molecule has 0 spiro atoms. The first-order valence-corrected chi connectivity index (χ1v) is 8.48. The number of nitrogens with zero attached hydrogens (tertiary/aromatic N) is 1. The molecule has 24 heavy (non-hydrogen) atoms. The molecule has 1 atom stereocenters. The van der Waals surface area contributed by atoms with Gasteiger partial charge >= 0.3 is 0 Å². The Bertz CT molecular complexity index is 503. The van der Waals surface area contributed by atoms with Gasteiger partial charge < -0.3 is 14.6 Å². The molecule has 1 fully saturated rings. The quantitative estimate of drug-likeness (QED) is 0.838. The Morgan fingerprint density at radius 2 is 1.62 bits per heavy atom. The second kappa shape index (κ2) is 8.41. The van der Waals surface area contributed by atoms with Crippen molar-refractivity contribution in [3.8, 4) is 11.5 Å². The van der Waals surface area contributed by atoms with Gasteiger partial charge in [-0.25, -0.2) is 0 Å². The molecule has 1 aliphatic rings. The Kier molecular flexibility index (Phi) is 7.39.